The molecule has 0 fully saturated rings. The maximum Gasteiger partial charge on any atom is 0.249 e. The molecular formula is C22H23N7. The molecule has 7 heteroatoms. The molecular weight excluding hydrogens is 362 g/mol. The second-order valence-electron chi connectivity index (χ2n) is 6.52. The Bertz CT molecular complexity index is 1090. The van der Waals surface area contributed by atoms with Crippen molar-refractivity contribution < 1.29 is 0 Å². The summed E-state index contributed by atoms with van der Waals surface area (Å²) < 4.78 is 0. The van der Waals surface area contributed by atoms with E-state index in [2.05, 4.69) is 61.7 Å². The summed E-state index contributed by atoms with van der Waals surface area (Å²) in [5.41, 5.74) is 3.85. The highest BCUT2D eigenvalue weighted by molar-refractivity contribution is 5.91. The van der Waals surface area contributed by atoms with Crippen molar-refractivity contribution in [1.82, 2.24) is 20.2 Å². The maximum atomic E-state index is 4.53. The second kappa shape index (κ2) is 8.52. The predicted octanol–water partition coefficient (Wildman–Crippen LogP) is 4.75. The molecule has 4 aromatic rings. The first kappa shape index (κ1) is 18.6. The number of fused-ring (bicyclic) bond motifs is 1. The Hall–Kier alpha value is -3.74. The van der Waals surface area contributed by atoms with Gasteiger partial charge in [0, 0.05) is 36.0 Å². The Morgan fingerprint density at radius 1 is 0.897 bits per heavy atom. The summed E-state index contributed by atoms with van der Waals surface area (Å²) in [6, 6.07) is 18.2. The minimum absolute atomic E-state index is 0.410. The van der Waals surface area contributed by atoms with Gasteiger partial charge in [0.15, 0.2) is 5.82 Å². The molecule has 0 aliphatic carbocycles. The molecule has 2 aromatic heterocycles. The van der Waals surface area contributed by atoms with Gasteiger partial charge < -0.3 is 15.5 Å². The number of rotatable bonds is 7. The summed E-state index contributed by atoms with van der Waals surface area (Å²) in [6.07, 6.45) is 3.37. The summed E-state index contributed by atoms with van der Waals surface area (Å²) in [7, 11) is 0. The molecule has 2 aromatic carbocycles. The highest BCUT2D eigenvalue weighted by atomic mass is 15.3. The Morgan fingerprint density at radius 3 is 2.48 bits per heavy atom. The van der Waals surface area contributed by atoms with Crippen LogP contribution in [0.2, 0.25) is 0 Å². The Morgan fingerprint density at radius 2 is 1.69 bits per heavy atom. The third kappa shape index (κ3) is 4.24. The first-order valence-electron chi connectivity index (χ1n) is 9.69. The van der Waals surface area contributed by atoms with E-state index in [1.807, 2.05) is 42.5 Å². The molecule has 29 heavy (non-hydrogen) atoms. The van der Waals surface area contributed by atoms with Gasteiger partial charge in [-0.15, -0.1) is 5.10 Å². The minimum atomic E-state index is 0.410. The third-order valence-electron chi connectivity index (χ3n) is 4.71. The summed E-state index contributed by atoms with van der Waals surface area (Å²) in [6.45, 7) is 6.28. The average Bonchev–Trinajstić information content (AvgIpc) is 2.76. The zero-order chi connectivity index (χ0) is 20.1. The molecule has 2 N–H and O–H groups in total. The molecule has 2 heterocycles. The van der Waals surface area contributed by atoms with E-state index in [4.69, 9.17) is 0 Å². The van der Waals surface area contributed by atoms with E-state index >= 15 is 0 Å². The molecule has 4 rings (SSSR count). The predicted molar refractivity (Wildman–Crippen MR) is 118 cm³/mol. The number of para-hydroxylation sites is 1. The molecule has 146 valence electrons. The van der Waals surface area contributed by atoms with Crippen molar-refractivity contribution in [2.45, 2.75) is 13.8 Å². The Balaban J connectivity index is 1.52. The molecule has 7 nitrogen and oxygen atoms in total. The smallest absolute Gasteiger partial charge is 0.249 e. The Labute approximate surface area is 169 Å². The molecule has 0 atom stereocenters. The van der Waals surface area contributed by atoms with Gasteiger partial charge >= 0.3 is 0 Å². The summed E-state index contributed by atoms with van der Waals surface area (Å²) >= 11 is 0. The van der Waals surface area contributed by atoms with Crippen LogP contribution < -0.4 is 15.5 Å². The topological polar surface area (TPSA) is 78.9 Å². The molecule has 0 aliphatic heterocycles. The molecule has 0 spiro atoms. The number of pyridine rings is 1. The summed E-state index contributed by atoms with van der Waals surface area (Å²) in [4.78, 5) is 11.3. The van der Waals surface area contributed by atoms with Gasteiger partial charge in [0.25, 0.3) is 0 Å². The van der Waals surface area contributed by atoms with Crippen LogP contribution >= 0.6 is 0 Å². The van der Waals surface area contributed by atoms with Gasteiger partial charge in [-0.05, 0) is 50.2 Å². The van der Waals surface area contributed by atoms with Crippen LogP contribution in [0.4, 0.5) is 28.8 Å². The number of benzene rings is 2. The first-order valence-corrected chi connectivity index (χ1v) is 9.69. The van der Waals surface area contributed by atoms with Crippen molar-refractivity contribution >= 4 is 39.7 Å². The highest BCUT2D eigenvalue weighted by Crippen LogP contribution is 2.24. The second-order valence-corrected chi connectivity index (χ2v) is 6.52. The van der Waals surface area contributed by atoms with Crippen LogP contribution in [0.5, 0.6) is 0 Å². The van der Waals surface area contributed by atoms with E-state index < -0.39 is 0 Å². The van der Waals surface area contributed by atoms with Crippen molar-refractivity contribution in [3.8, 4) is 0 Å². The fourth-order valence-electron chi connectivity index (χ4n) is 3.23. The fourth-order valence-corrected chi connectivity index (χ4v) is 3.23. The number of aromatic nitrogens is 4. The number of hydrogen-bond donors (Lipinski definition) is 2. The monoisotopic (exact) mass is 385 g/mol. The maximum absolute atomic E-state index is 4.53. The van der Waals surface area contributed by atoms with Gasteiger partial charge in [-0.25, -0.2) is 0 Å². The van der Waals surface area contributed by atoms with E-state index in [0.717, 1.165) is 35.4 Å². The lowest BCUT2D eigenvalue weighted by molar-refractivity contribution is 0.866. The zero-order valence-corrected chi connectivity index (χ0v) is 16.5. The van der Waals surface area contributed by atoms with Gasteiger partial charge in [-0.3, -0.25) is 4.98 Å². The standard InChI is InChI=1S/C22H23N7/c1-3-29(4-2)18-12-10-17(11-13-18)25-20-15-24-28-22(27-20)26-19-9-5-7-16-8-6-14-23-21(16)19/h5-15H,3-4H2,1-2H3,(H2,25,26,27,28). The van der Waals surface area contributed by atoms with Crippen LogP contribution in [-0.2, 0) is 0 Å². The molecule has 0 unspecified atom stereocenters. The summed E-state index contributed by atoms with van der Waals surface area (Å²) in [5.74, 6) is 1.03. The van der Waals surface area contributed by atoms with E-state index in [9.17, 15) is 0 Å². The molecule has 0 saturated carbocycles. The van der Waals surface area contributed by atoms with Gasteiger partial charge in [0.1, 0.15) is 0 Å². The lowest BCUT2D eigenvalue weighted by Gasteiger charge is -2.21. The third-order valence-corrected chi connectivity index (χ3v) is 4.71. The molecule has 0 saturated heterocycles. The minimum Gasteiger partial charge on any atom is -0.372 e. The van der Waals surface area contributed by atoms with Crippen molar-refractivity contribution in [3.63, 3.8) is 0 Å². The van der Waals surface area contributed by atoms with Crippen LogP contribution in [-0.4, -0.2) is 33.3 Å². The first-order chi connectivity index (χ1) is 14.3. The van der Waals surface area contributed by atoms with Crippen LogP contribution in [0.3, 0.4) is 0 Å². The van der Waals surface area contributed by atoms with E-state index in [-0.39, 0.29) is 0 Å². The van der Waals surface area contributed by atoms with Crippen LogP contribution in [0, 0.1) is 0 Å². The van der Waals surface area contributed by atoms with Crippen molar-refractivity contribution in [1.29, 1.82) is 0 Å². The molecule has 0 amide bonds. The SMILES string of the molecule is CCN(CC)c1ccc(Nc2cnnc(Nc3cccc4cccnc34)n2)cc1. The van der Waals surface area contributed by atoms with Gasteiger partial charge in [0.05, 0.1) is 17.4 Å². The van der Waals surface area contributed by atoms with Crippen LogP contribution in [0.1, 0.15) is 13.8 Å². The van der Waals surface area contributed by atoms with E-state index in [1.54, 1.807) is 12.4 Å². The van der Waals surface area contributed by atoms with Gasteiger partial charge in [-0.1, -0.05) is 18.2 Å². The van der Waals surface area contributed by atoms with Crippen LogP contribution in [0.15, 0.2) is 67.0 Å². The van der Waals surface area contributed by atoms with Crippen molar-refractivity contribution in [3.05, 3.63) is 67.0 Å². The number of nitrogens with zero attached hydrogens (tertiary/aromatic N) is 5. The van der Waals surface area contributed by atoms with E-state index in [0.29, 0.717) is 11.8 Å². The fraction of sp³-hybridized carbons (Fsp3) is 0.182. The lowest BCUT2D eigenvalue weighted by atomic mass is 10.2. The van der Waals surface area contributed by atoms with Gasteiger partial charge in [-0.2, -0.15) is 10.1 Å². The molecule has 0 bridgehead atoms. The number of hydrogen-bond acceptors (Lipinski definition) is 7. The van der Waals surface area contributed by atoms with Crippen molar-refractivity contribution in [2.24, 2.45) is 0 Å². The van der Waals surface area contributed by atoms with E-state index in [1.165, 1.54) is 5.69 Å². The van der Waals surface area contributed by atoms with Crippen molar-refractivity contribution in [2.75, 3.05) is 28.6 Å². The molecule has 0 aliphatic rings. The highest BCUT2D eigenvalue weighted by Gasteiger charge is 2.07. The largest absolute Gasteiger partial charge is 0.372 e. The average molecular weight is 385 g/mol. The number of anilines is 5. The van der Waals surface area contributed by atoms with Gasteiger partial charge in [0.2, 0.25) is 5.95 Å². The quantitative estimate of drug-likeness (QED) is 0.475. The lowest BCUT2D eigenvalue weighted by Crippen LogP contribution is -2.21. The molecule has 0 radical (unpaired) electrons. The number of nitrogens with one attached hydrogen (secondary N) is 2. The van der Waals surface area contributed by atoms with Crippen LogP contribution in [0.25, 0.3) is 10.9 Å². The summed E-state index contributed by atoms with van der Waals surface area (Å²) in [5, 5.41) is 15.7. The zero-order valence-electron chi connectivity index (χ0n) is 16.5. The normalized spacial score (nSPS) is 10.7. The Kier molecular flexibility index (Phi) is 5.47.